The molecule has 0 saturated heterocycles. The van der Waals surface area contributed by atoms with Crippen LogP contribution in [0.15, 0.2) is 18.2 Å². The van der Waals surface area contributed by atoms with Crippen LogP contribution in [0.3, 0.4) is 0 Å². The van der Waals surface area contributed by atoms with E-state index in [1.807, 2.05) is 0 Å². The predicted octanol–water partition coefficient (Wildman–Crippen LogP) is 4.63. The van der Waals surface area contributed by atoms with Crippen LogP contribution in [0.25, 0.3) is 0 Å². The van der Waals surface area contributed by atoms with Crippen molar-refractivity contribution in [3.05, 3.63) is 23.8 Å². The highest BCUT2D eigenvalue weighted by molar-refractivity contribution is 5.51. The summed E-state index contributed by atoms with van der Waals surface area (Å²) in [7, 11) is 1.73. The first-order chi connectivity index (χ1) is 9.10. The van der Waals surface area contributed by atoms with Gasteiger partial charge in [-0.3, -0.25) is 0 Å². The number of hydrogen-bond donors (Lipinski definition) is 1. The SMILES string of the molecule is COc1ccc(NC2CCCC(C(C)C)C2)cc1C. The van der Waals surface area contributed by atoms with E-state index in [0.29, 0.717) is 6.04 Å². The molecule has 0 spiro atoms. The summed E-state index contributed by atoms with van der Waals surface area (Å²) in [6.07, 6.45) is 5.37. The van der Waals surface area contributed by atoms with Gasteiger partial charge in [0.2, 0.25) is 0 Å². The fourth-order valence-corrected chi connectivity index (χ4v) is 3.17. The molecule has 2 nitrogen and oxygen atoms in total. The summed E-state index contributed by atoms with van der Waals surface area (Å²) < 4.78 is 5.31. The maximum absolute atomic E-state index is 5.31. The highest BCUT2D eigenvalue weighted by Crippen LogP contribution is 2.32. The van der Waals surface area contributed by atoms with Crippen LogP contribution in [0.2, 0.25) is 0 Å². The van der Waals surface area contributed by atoms with E-state index in [2.05, 4.69) is 44.3 Å². The van der Waals surface area contributed by atoms with Gasteiger partial charge in [0.15, 0.2) is 0 Å². The van der Waals surface area contributed by atoms with E-state index >= 15 is 0 Å². The molecule has 0 aliphatic heterocycles. The molecular weight excluding hydrogens is 234 g/mol. The summed E-state index contributed by atoms with van der Waals surface area (Å²) in [4.78, 5) is 0. The molecule has 1 fully saturated rings. The van der Waals surface area contributed by atoms with Crippen LogP contribution in [0.5, 0.6) is 5.75 Å². The zero-order valence-electron chi connectivity index (χ0n) is 12.7. The zero-order valence-corrected chi connectivity index (χ0v) is 12.7. The van der Waals surface area contributed by atoms with Crippen LogP contribution in [-0.4, -0.2) is 13.2 Å². The summed E-state index contributed by atoms with van der Waals surface area (Å²) in [6, 6.07) is 7.01. The minimum atomic E-state index is 0.633. The molecule has 2 rings (SSSR count). The predicted molar refractivity (Wildman–Crippen MR) is 81.9 cm³/mol. The average molecular weight is 261 g/mol. The Morgan fingerprint density at radius 2 is 2.05 bits per heavy atom. The van der Waals surface area contributed by atoms with Crippen LogP contribution < -0.4 is 10.1 Å². The monoisotopic (exact) mass is 261 g/mol. The zero-order chi connectivity index (χ0) is 13.8. The largest absolute Gasteiger partial charge is 0.496 e. The lowest BCUT2D eigenvalue weighted by Gasteiger charge is -2.32. The van der Waals surface area contributed by atoms with Gasteiger partial charge in [0.05, 0.1) is 7.11 Å². The van der Waals surface area contributed by atoms with Gasteiger partial charge in [-0.2, -0.15) is 0 Å². The second kappa shape index (κ2) is 6.31. The van der Waals surface area contributed by atoms with E-state index in [1.165, 1.54) is 36.9 Å². The van der Waals surface area contributed by atoms with Gasteiger partial charge in [-0.1, -0.05) is 26.7 Å². The van der Waals surface area contributed by atoms with Crippen LogP contribution in [0.4, 0.5) is 5.69 Å². The number of ether oxygens (including phenoxy) is 1. The lowest BCUT2D eigenvalue weighted by molar-refractivity contribution is 0.264. The summed E-state index contributed by atoms with van der Waals surface area (Å²) in [5.74, 6) is 2.65. The van der Waals surface area contributed by atoms with Crippen LogP contribution in [0, 0.1) is 18.8 Å². The molecule has 106 valence electrons. The minimum absolute atomic E-state index is 0.633. The van der Waals surface area contributed by atoms with Gasteiger partial charge in [-0.15, -0.1) is 0 Å². The molecule has 0 amide bonds. The van der Waals surface area contributed by atoms with Gasteiger partial charge >= 0.3 is 0 Å². The van der Waals surface area contributed by atoms with Crippen molar-refractivity contribution >= 4 is 5.69 Å². The van der Waals surface area contributed by atoms with Crippen molar-refractivity contribution in [1.82, 2.24) is 0 Å². The molecule has 2 heteroatoms. The number of aryl methyl sites for hydroxylation is 1. The Balaban J connectivity index is 1.98. The third-order valence-electron chi connectivity index (χ3n) is 4.42. The van der Waals surface area contributed by atoms with Crippen molar-refractivity contribution in [2.75, 3.05) is 12.4 Å². The highest BCUT2D eigenvalue weighted by Gasteiger charge is 2.23. The quantitative estimate of drug-likeness (QED) is 0.853. The smallest absolute Gasteiger partial charge is 0.121 e. The van der Waals surface area contributed by atoms with Crippen molar-refractivity contribution in [3.8, 4) is 5.75 Å². The van der Waals surface area contributed by atoms with Crippen LogP contribution in [-0.2, 0) is 0 Å². The summed E-state index contributed by atoms with van der Waals surface area (Å²) in [5, 5.41) is 3.70. The van der Waals surface area contributed by atoms with E-state index in [4.69, 9.17) is 4.74 Å². The van der Waals surface area contributed by atoms with Gasteiger partial charge in [0.1, 0.15) is 5.75 Å². The maximum Gasteiger partial charge on any atom is 0.121 e. The fraction of sp³-hybridized carbons (Fsp3) is 0.647. The van der Waals surface area contributed by atoms with Crippen molar-refractivity contribution in [2.24, 2.45) is 11.8 Å². The lowest BCUT2D eigenvalue weighted by Crippen LogP contribution is -2.29. The standard InChI is InChI=1S/C17H27NO/c1-12(2)14-6-5-7-15(11-14)18-16-8-9-17(19-4)13(3)10-16/h8-10,12,14-15,18H,5-7,11H2,1-4H3. The molecule has 2 atom stereocenters. The number of methoxy groups -OCH3 is 1. The molecule has 0 bridgehead atoms. The molecule has 2 unspecified atom stereocenters. The molecule has 0 heterocycles. The van der Waals surface area contributed by atoms with Crippen LogP contribution in [0.1, 0.15) is 45.1 Å². The van der Waals surface area contributed by atoms with E-state index in [-0.39, 0.29) is 0 Å². The molecule has 19 heavy (non-hydrogen) atoms. The van der Waals surface area contributed by atoms with Crippen molar-refractivity contribution < 1.29 is 4.74 Å². The second-order valence-corrected chi connectivity index (χ2v) is 6.20. The molecule has 1 aliphatic carbocycles. The van der Waals surface area contributed by atoms with Crippen molar-refractivity contribution in [2.45, 2.75) is 52.5 Å². The van der Waals surface area contributed by atoms with Gasteiger partial charge in [0.25, 0.3) is 0 Å². The van der Waals surface area contributed by atoms with E-state index in [1.54, 1.807) is 7.11 Å². The first-order valence-corrected chi connectivity index (χ1v) is 7.51. The maximum atomic E-state index is 5.31. The molecule has 1 aliphatic rings. The number of benzene rings is 1. The third-order valence-corrected chi connectivity index (χ3v) is 4.42. The summed E-state index contributed by atoms with van der Waals surface area (Å²) in [5.41, 5.74) is 2.43. The van der Waals surface area contributed by atoms with Gasteiger partial charge in [0, 0.05) is 11.7 Å². The number of anilines is 1. The Labute approximate surface area is 117 Å². The van der Waals surface area contributed by atoms with Gasteiger partial charge in [-0.05, 0) is 55.4 Å². The second-order valence-electron chi connectivity index (χ2n) is 6.20. The third kappa shape index (κ3) is 3.65. The lowest BCUT2D eigenvalue weighted by atomic mass is 9.79. The molecule has 0 radical (unpaired) electrons. The Morgan fingerprint density at radius 1 is 1.26 bits per heavy atom. The van der Waals surface area contributed by atoms with Gasteiger partial charge < -0.3 is 10.1 Å². The van der Waals surface area contributed by atoms with E-state index < -0.39 is 0 Å². The summed E-state index contributed by atoms with van der Waals surface area (Å²) >= 11 is 0. The first kappa shape index (κ1) is 14.2. The molecule has 1 N–H and O–H groups in total. The number of hydrogen-bond acceptors (Lipinski definition) is 2. The average Bonchev–Trinajstić information content (AvgIpc) is 2.39. The van der Waals surface area contributed by atoms with Crippen LogP contribution >= 0.6 is 0 Å². The number of rotatable bonds is 4. The Morgan fingerprint density at radius 3 is 2.68 bits per heavy atom. The molecule has 1 aromatic rings. The molecule has 1 aromatic carbocycles. The van der Waals surface area contributed by atoms with Gasteiger partial charge in [-0.25, -0.2) is 0 Å². The highest BCUT2D eigenvalue weighted by atomic mass is 16.5. The summed E-state index contributed by atoms with van der Waals surface area (Å²) in [6.45, 7) is 6.80. The molecule has 0 aromatic heterocycles. The minimum Gasteiger partial charge on any atom is -0.496 e. The van der Waals surface area contributed by atoms with E-state index in [9.17, 15) is 0 Å². The topological polar surface area (TPSA) is 21.3 Å². The Hall–Kier alpha value is -1.18. The fourth-order valence-electron chi connectivity index (χ4n) is 3.17. The first-order valence-electron chi connectivity index (χ1n) is 7.51. The number of nitrogens with one attached hydrogen (secondary N) is 1. The molecular formula is C17H27NO. The molecule has 1 saturated carbocycles. The van der Waals surface area contributed by atoms with Crippen molar-refractivity contribution in [1.29, 1.82) is 0 Å². The normalized spacial score (nSPS) is 23.4. The van der Waals surface area contributed by atoms with E-state index in [0.717, 1.165) is 17.6 Å². The Bertz CT molecular complexity index is 414. The Kier molecular flexibility index (Phi) is 4.73. The van der Waals surface area contributed by atoms with Crippen molar-refractivity contribution in [3.63, 3.8) is 0 Å².